The number of rotatable bonds is 3. The summed E-state index contributed by atoms with van der Waals surface area (Å²) in [5.41, 5.74) is 2.75. The first-order valence-electron chi connectivity index (χ1n) is 7.53. The van der Waals surface area contributed by atoms with Gasteiger partial charge >= 0.3 is 0 Å². The van der Waals surface area contributed by atoms with E-state index in [1.165, 1.54) is 5.56 Å². The van der Waals surface area contributed by atoms with Gasteiger partial charge in [0.1, 0.15) is 0 Å². The molecule has 3 rings (SSSR count). The van der Waals surface area contributed by atoms with Gasteiger partial charge in [-0.2, -0.15) is 10.2 Å². The molecule has 1 fully saturated rings. The van der Waals surface area contributed by atoms with E-state index in [-0.39, 0.29) is 5.91 Å². The minimum atomic E-state index is 0.0322. The third kappa shape index (κ3) is 3.04. The lowest BCUT2D eigenvalue weighted by Crippen LogP contribution is -2.48. The molecular formula is C15H22N6O. The lowest BCUT2D eigenvalue weighted by atomic mass is 10.2. The van der Waals surface area contributed by atoms with E-state index in [1.807, 2.05) is 49.1 Å². The third-order valence-corrected chi connectivity index (χ3v) is 4.16. The van der Waals surface area contributed by atoms with Crippen LogP contribution in [0.5, 0.6) is 0 Å². The lowest BCUT2D eigenvalue weighted by molar-refractivity contribution is 0.0622. The monoisotopic (exact) mass is 302 g/mol. The number of aryl methyl sites for hydroxylation is 3. The first-order chi connectivity index (χ1) is 10.5. The van der Waals surface area contributed by atoms with Gasteiger partial charge in [0.2, 0.25) is 0 Å². The van der Waals surface area contributed by atoms with Crippen molar-refractivity contribution in [3.63, 3.8) is 0 Å². The van der Waals surface area contributed by atoms with Gasteiger partial charge in [-0.3, -0.25) is 19.1 Å². The molecule has 0 radical (unpaired) electrons. The second-order valence-electron chi connectivity index (χ2n) is 5.89. The van der Waals surface area contributed by atoms with Gasteiger partial charge in [0.05, 0.1) is 6.20 Å². The summed E-state index contributed by atoms with van der Waals surface area (Å²) in [4.78, 5) is 16.7. The van der Waals surface area contributed by atoms with Gasteiger partial charge in [0.15, 0.2) is 5.69 Å². The second kappa shape index (κ2) is 5.92. The molecule has 2 aromatic rings. The molecule has 0 atom stereocenters. The number of amides is 1. The molecule has 7 heteroatoms. The number of carbonyl (C=O) groups excluding carboxylic acids is 1. The highest BCUT2D eigenvalue weighted by atomic mass is 16.2. The van der Waals surface area contributed by atoms with Crippen LogP contribution in [0.1, 0.15) is 21.7 Å². The number of piperazine rings is 1. The minimum Gasteiger partial charge on any atom is -0.335 e. The largest absolute Gasteiger partial charge is 0.335 e. The van der Waals surface area contributed by atoms with Crippen molar-refractivity contribution in [3.05, 3.63) is 35.4 Å². The van der Waals surface area contributed by atoms with Crippen molar-refractivity contribution in [2.75, 3.05) is 26.2 Å². The van der Waals surface area contributed by atoms with Gasteiger partial charge in [0.25, 0.3) is 5.91 Å². The van der Waals surface area contributed by atoms with Crippen LogP contribution >= 0.6 is 0 Å². The molecule has 2 aromatic heterocycles. The Kier molecular flexibility index (Phi) is 3.98. The summed E-state index contributed by atoms with van der Waals surface area (Å²) >= 11 is 0. The van der Waals surface area contributed by atoms with Crippen LogP contribution in [0.25, 0.3) is 0 Å². The van der Waals surface area contributed by atoms with E-state index >= 15 is 0 Å². The van der Waals surface area contributed by atoms with E-state index in [4.69, 9.17) is 0 Å². The minimum absolute atomic E-state index is 0.0322. The highest BCUT2D eigenvalue weighted by Gasteiger charge is 2.24. The summed E-state index contributed by atoms with van der Waals surface area (Å²) in [6.07, 6.45) is 3.93. The number of hydrogen-bond acceptors (Lipinski definition) is 4. The Balaban J connectivity index is 1.56. The van der Waals surface area contributed by atoms with Crippen LogP contribution in [0, 0.1) is 6.92 Å². The average molecular weight is 302 g/mol. The molecule has 7 nitrogen and oxygen atoms in total. The zero-order valence-corrected chi connectivity index (χ0v) is 13.4. The van der Waals surface area contributed by atoms with Crippen LogP contribution in [-0.2, 0) is 20.6 Å². The van der Waals surface area contributed by atoms with Gasteiger partial charge in [0, 0.05) is 64.3 Å². The van der Waals surface area contributed by atoms with Crippen LogP contribution in [0.3, 0.4) is 0 Å². The number of hydrogen-bond donors (Lipinski definition) is 0. The number of nitrogens with zero attached hydrogens (tertiary/aromatic N) is 6. The van der Waals surface area contributed by atoms with Gasteiger partial charge in [-0.25, -0.2) is 0 Å². The standard InChI is InChI=1S/C15H22N6O/c1-12-8-14(17-19(12)3)15(22)21-6-4-20(5-7-21)11-13-9-16-18(2)10-13/h8-10H,4-7,11H2,1-3H3. The van der Waals surface area contributed by atoms with E-state index in [9.17, 15) is 4.79 Å². The molecule has 1 amide bonds. The highest BCUT2D eigenvalue weighted by Crippen LogP contribution is 2.11. The molecule has 1 aliphatic heterocycles. The molecule has 0 N–H and O–H groups in total. The van der Waals surface area contributed by atoms with Crippen LogP contribution in [-0.4, -0.2) is 61.4 Å². The Morgan fingerprint density at radius 3 is 2.50 bits per heavy atom. The second-order valence-corrected chi connectivity index (χ2v) is 5.89. The fourth-order valence-corrected chi connectivity index (χ4v) is 2.75. The van der Waals surface area contributed by atoms with Gasteiger partial charge in [-0.15, -0.1) is 0 Å². The molecule has 0 aliphatic carbocycles. The predicted molar refractivity (Wildman–Crippen MR) is 82.3 cm³/mol. The van der Waals surface area contributed by atoms with Gasteiger partial charge in [-0.1, -0.05) is 0 Å². The van der Waals surface area contributed by atoms with Crippen LogP contribution < -0.4 is 0 Å². The molecule has 22 heavy (non-hydrogen) atoms. The Hall–Kier alpha value is -2.15. The number of aromatic nitrogens is 4. The van der Waals surface area contributed by atoms with Crippen molar-refractivity contribution in [1.29, 1.82) is 0 Å². The van der Waals surface area contributed by atoms with Crippen molar-refractivity contribution in [2.45, 2.75) is 13.5 Å². The van der Waals surface area contributed by atoms with E-state index < -0.39 is 0 Å². The first-order valence-corrected chi connectivity index (χ1v) is 7.53. The molecule has 0 aromatic carbocycles. The normalized spacial score (nSPS) is 16.2. The molecule has 0 unspecified atom stereocenters. The highest BCUT2D eigenvalue weighted by molar-refractivity contribution is 5.92. The van der Waals surface area contributed by atoms with Crippen molar-refractivity contribution in [1.82, 2.24) is 29.4 Å². The van der Waals surface area contributed by atoms with Crippen molar-refractivity contribution < 1.29 is 4.79 Å². The summed E-state index contributed by atoms with van der Waals surface area (Å²) < 4.78 is 3.56. The van der Waals surface area contributed by atoms with Crippen LogP contribution in [0.2, 0.25) is 0 Å². The third-order valence-electron chi connectivity index (χ3n) is 4.16. The summed E-state index contributed by atoms with van der Waals surface area (Å²) in [7, 11) is 3.78. The van der Waals surface area contributed by atoms with Gasteiger partial charge < -0.3 is 4.90 Å². The molecule has 0 saturated carbocycles. The fourth-order valence-electron chi connectivity index (χ4n) is 2.75. The maximum Gasteiger partial charge on any atom is 0.274 e. The molecule has 1 saturated heterocycles. The Morgan fingerprint density at radius 2 is 1.95 bits per heavy atom. The smallest absolute Gasteiger partial charge is 0.274 e. The van der Waals surface area contributed by atoms with Crippen LogP contribution in [0.15, 0.2) is 18.5 Å². The topological polar surface area (TPSA) is 59.2 Å². The molecule has 0 bridgehead atoms. The van der Waals surface area contributed by atoms with Gasteiger partial charge in [-0.05, 0) is 13.0 Å². The van der Waals surface area contributed by atoms with Crippen molar-refractivity contribution in [3.8, 4) is 0 Å². The Morgan fingerprint density at radius 1 is 1.23 bits per heavy atom. The zero-order chi connectivity index (χ0) is 15.7. The lowest BCUT2D eigenvalue weighted by Gasteiger charge is -2.34. The average Bonchev–Trinajstić information content (AvgIpc) is 3.05. The molecule has 0 spiro atoms. The molecule has 3 heterocycles. The summed E-state index contributed by atoms with van der Waals surface area (Å²) in [6.45, 7) is 6.09. The van der Waals surface area contributed by atoms with Crippen molar-refractivity contribution in [2.24, 2.45) is 14.1 Å². The maximum absolute atomic E-state index is 12.5. The SMILES string of the molecule is Cc1cc(C(=O)N2CCN(Cc3cnn(C)c3)CC2)nn1C. The summed E-state index contributed by atoms with van der Waals surface area (Å²) in [6, 6.07) is 1.85. The molecular weight excluding hydrogens is 280 g/mol. The first kappa shape index (κ1) is 14.8. The Bertz CT molecular complexity index is 646. The van der Waals surface area contributed by atoms with E-state index in [0.717, 1.165) is 38.4 Å². The zero-order valence-electron chi connectivity index (χ0n) is 13.4. The van der Waals surface area contributed by atoms with E-state index in [0.29, 0.717) is 5.69 Å². The number of carbonyl (C=O) groups is 1. The quantitative estimate of drug-likeness (QED) is 0.824. The maximum atomic E-state index is 12.5. The van der Waals surface area contributed by atoms with Crippen LogP contribution in [0.4, 0.5) is 0 Å². The molecule has 118 valence electrons. The fraction of sp³-hybridized carbons (Fsp3) is 0.533. The molecule has 1 aliphatic rings. The van der Waals surface area contributed by atoms with E-state index in [1.54, 1.807) is 4.68 Å². The van der Waals surface area contributed by atoms with E-state index in [2.05, 4.69) is 15.1 Å². The predicted octanol–water partition coefficient (Wildman–Crippen LogP) is 0.420. The Labute approximate surface area is 130 Å². The summed E-state index contributed by atoms with van der Waals surface area (Å²) in [5.74, 6) is 0.0322. The van der Waals surface area contributed by atoms with Crippen molar-refractivity contribution >= 4 is 5.91 Å². The summed E-state index contributed by atoms with van der Waals surface area (Å²) in [5, 5.41) is 8.47.